The molecule has 0 radical (unpaired) electrons. The van der Waals surface area contributed by atoms with Gasteiger partial charge in [-0.3, -0.25) is 0 Å². The van der Waals surface area contributed by atoms with Crippen LogP contribution in [0.1, 0.15) is 120 Å². The first kappa shape index (κ1) is 22.5. The summed E-state index contributed by atoms with van der Waals surface area (Å²) in [7, 11) is 0. The molecular weight excluding hydrogens is 376 g/mol. The summed E-state index contributed by atoms with van der Waals surface area (Å²) in [5, 5.41) is 11.8. The van der Waals surface area contributed by atoms with E-state index in [9.17, 15) is 5.11 Å². The van der Waals surface area contributed by atoms with E-state index in [2.05, 4.69) is 55.4 Å². The average Bonchev–Trinajstić information content (AvgIpc) is 2.98. The molecule has 0 aromatic heterocycles. The van der Waals surface area contributed by atoms with Crippen molar-refractivity contribution in [1.29, 1.82) is 0 Å². The lowest BCUT2D eigenvalue weighted by molar-refractivity contribution is -0.257. The van der Waals surface area contributed by atoms with Gasteiger partial charge in [-0.05, 0) is 109 Å². The Hall–Kier alpha value is -0.300. The molecule has 1 N–H and O–H groups in total. The predicted molar refractivity (Wildman–Crippen MR) is 131 cm³/mol. The topological polar surface area (TPSA) is 20.2 Å². The number of fused-ring (bicyclic) bond motifs is 7. The fraction of sp³-hybridized carbons (Fsp3) is 0.933. The second-order valence-corrected chi connectivity index (χ2v) is 14.7. The molecule has 1 nitrogen and oxygen atoms in total. The molecule has 1 heteroatoms. The summed E-state index contributed by atoms with van der Waals surface area (Å²) in [5.74, 6) is 2.76. The monoisotopic (exact) mass is 426 g/mol. The van der Waals surface area contributed by atoms with Crippen LogP contribution in [0.2, 0.25) is 0 Å². The van der Waals surface area contributed by atoms with Crippen LogP contribution in [0, 0.1) is 50.7 Å². The van der Waals surface area contributed by atoms with Crippen molar-refractivity contribution >= 4 is 0 Å². The van der Waals surface area contributed by atoms with E-state index in [1.807, 2.05) is 11.1 Å². The molecule has 0 aromatic rings. The van der Waals surface area contributed by atoms with E-state index in [4.69, 9.17) is 0 Å². The van der Waals surface area contributed by atoms with Crippen molar-refractivity contribution in [2.75, 3.05) is 0 Å². The number of rotatable bonds is 1. The minimum absolute atomic E-state index is 0.128. The van der Waals surface area contributed by atoms with E-state index in [1.54, 1.807) is 0 Å². The Morgan fingerprint density at radius 3 is 2.16 bits per heavy atom. The quantitative estimate of drug-likeness (QED) is 0.419. The maximum atomic E-state index is 11.8. The Bertz CT molecular complexity index is 790. The summed E-state index contributed by atoms with van der Waals surface area (Å²) in [6, 6.07) is 0. The number of allylic oxidation sites excluding steroid dienone is 2. The number of hydrogen-bond donors (Lipinski definition) is 1. The fourth-order valence-corrected chi connectivity index (χ4v) is 11.6. The summed E-state index contributed by atoms with van der Waals surface area (Å²) in [6.07, 6.45) is 13.1. The second kappa shape index (κ2) is 6.64. The lowest BCUT2D eigenvalue weighted by Crippen LogP contribution is -2.68. The molecule has 0 heterocycles. The van der Waals surface area contributed by atoms with Crippen LogP contribution in [0.5, 0.6) is 0 Å². The van der Waals surface area contributed by atoms with Gasteiger partial charge in [0, 0.05) is 0 Å². The van der Waals surface area contributed by atoms with E-state index in [1.165, 1.54) is 57.8 Å². The zero-order valence-corrected chi connectivity index (χ0v) is 21.9. The van der Waals surface area contributed by atoms with Crippen molar-refractivity contribution in [2.24, 2.45) is 50.7 Å². The molecule has 5 aliphatic carbocycles. The first-order valence-corrected chi connectivity index (χ1v) is 13.7. The molecule has 0 aliphatic heterocycles. The van der Waals surface area contributed by atoms with E-state index >= 15 is 0 Å². The smallest absolute Gasteiger partial charge is 0.0584 e. The number of aliphatic hydroxyl groups excluding tert-OH is 1. The molecule has 0 amide bonds. The lowest BCUT2D eigenvalue weighted by Gasteiger charge is -2.73. The molecule has 4 saturated carbocycles. The molecule has 5 aliphatic rings. The van der Waals surface area contributed by atoms with Crippen LogP contribution >= 0.6 is 0 Å². The third-order valence-corrected chi connectivity index (χ3v) is 12.8. The number of hydrogen-bond acceptors (Lipinski definition) is 1. The second-order valence-electron chi connectivity index (χ2n) is 14.7. The van der Waals surface area contributed by atoms with E-state index < -0.39 is 0 Å². The van der Waals surface area contributed by atoms with Crippen LogP contribution in [0.15, 0.2) is 11.1 Å². The molecular formula is C30H50O. The SMILES string of the molecule is CC(C)C1=C2CC[C@]3(C)[C@H](CC[C@@H]4[C@@]5(C)CCCC(C)(C)[C@@H]5[C@@H](O)C[C@]43C)[C@@]2(C)CC1. The zero-order valence-electron chi connectivity index (χ0n) is 21.9. The Morgan fingerprint density at radius 2 is 1.48 bits per heavy atom. The molecule has 4 fully saturated rings. The van der Waals surface area contributed by atoms with Gasteiger partial charge >= 0.3 is 0 Å². The van der Waals surface area contributed by atoms with Crippen molar-refractivity contribution < 1.29 is 5.11 Å². The Balaban J connectivity index is 1.58. The van der Waals surface area contributed by atoms with Crippen molar-refractivity contribution in [1.82, 2.24) is 0 Å². The van der Waals surface area contributed by atoms with Gasteiger partial charge in [-0.25, -0.2) is 0 Å². The predicted octanol–water partition coefficient (Wildman–Crippen LogP) is 8.17. The van der Waals surface area contributed by atoms with Gasteiger partial charge in [0.1, 0.15) is 0 Å². The highest BCUT2D eigenvalue weighted by Gasteiger charge is 2.70. The molecule has 0 bridgehead atoms. The van der Waals surface area contributed by atoms with Crippen LogP contribution in [0.25, 0.3) is 0 Å². The number of aliphatic hydroxyl groups is 1. The zero-order chi connectivity index (χ0) is 22.6. The summed E-state index contributed by atoms with van der Waals surface area (Å²) < 4.78 is 0. The van der Waals surface area contributed by atoms with Crippen LogP contribution in [0.3, 0.4) is 0 Å². The summed E-state index contributed by atoms with van der Waals surface area (Å²) in [4.78, 5) is 0. The van der Waals surface area contributed by atoms with Gasteiger partial charge in [-0.2, -0.15) is 0 Å². The molecule has 0 saturated heterocycles. The standard InChI is InChI=1S/C30H50O/c1-19(2)20-12-16-27(5)21(20)13-17-29(7)23(27)10-11-24-28(6)15-9-14-26(3,4)25(28)22(31)18-30(24,29)8/h19,22-25,31H,9-18H2,1-8H3/t22-,23+,24+,25-,27-,28+,29+,30+/m0/s1. The van der Waals surface area contributed by atoms with Gasteiger partial charge in [0.2, 0.25) is 0 Å². The summed E-state index contributed by atoms with van der Waals surface area (Å²) >= 11 is 0. The van der Waals surface area contributed by atoms with E-state index in [0.717, 1.165) is 18.3 Å². The van der Waals surface area contributed by atoms with E-state index in [-0.39, 0.29) is 16.9 Å². The highest BCUT2D eigenvalue weighted by Crippen LogP contribution is 2.77. The van der Waals surface area contributed by atoms with Crippen LogP contribution in [-0.2, 0) is 0 Å². The lowest BCUT2D eigenvalue weighted by atomic mass is 9.32. The molecule has 31 heavy (non-hydrogen) atoms. The van der Waals surface area contributed by atoms with Gasteiger partial charge in [0.25, 0.3) is 0 Å². The Labute approximate surface area is 192 Å². The van der Waals surface area contributed by atoms with Crippen molar-refractivity contribution in [2.45, 2.75) is 126 Å². The first-order valence-electron chi connectivity index (χ1n) is 13.7. The average molecular weight is 427 g/mol. The minimum atomic E-state index is -0.128. The van der Waals surface area contributed by atoms with Gasteiger partial charge < -0.3 is 5.11 Å². The van der Waals surface area contributed by atoms with Gasteiger partial charge in [-0.15, -0.1) is 0 Å². The van der Waals surface area contributed by atoms with Gasteiger partial charge in [0.15, 0.2) is 0 Å². The minimum Gasteiger partial charge on any atom is -0.393 e. The van der Waals surface area contributed by atoms with Crippen LogP contribution in [0.4, 0.5) is 0 Å². The van der Waals surface area contributed by atoms with Crippen LogP contribution < -0.4 is 0 Å². The fourth-order valence-electron chi connectivity index (χ4n) is 11.6. The molecule has 0 aromatic carbocycles. The highest BCUT2D eigenvalue weighted by atomic mass is 16.3. The van der Waals surface area contributed by atoms with Crippen molar-refractivity contribution in [3.8, 4) is 0 Å². The third kappa shape index (κ3) is 2.65. The molecule has 8 atom stereocenters. The largest absolute Gasteiger partial charge is 0.393 e. The highest BCUT2D eigenvalue weighted by molar-refractivity contribution is 5.35. The maximum Gasteiger partial charge on any atom is 0.0584 e. The maximum absolute atomic E-state index is 11.8. The summed E-state index contributed by atoms with van der Waals surface area (Å²) in [5.41, 5.74) is 5.29. The van der Waals surface area contributed by atoms with E-state index in [0.29, 0.717) is 28.1 Å². The van der Waals surface area contributed by atoms with Crippen molar-refractivity contribution in [3.05, 3.63) is 11.1 Å². The Morgan fingerprint density at radius 1 is 0.806 bits per heavy atom. The normalized spacial score (nSPS) is 53.6. The molecule has 5 rings (SSSR count). The summed E-state index contributed by atoms with van der Waals surface area (Å²) in [6.45, 7) is 20.3. The first-order chi connectivity index (χ1) is 14.3. The molecule has 0 unspecified atom stereocenters. The Kier molecular flexibility index (Phi) is 4.82. The third-order valence-electron chi connectivity index (χ3n) is 12.8. The van der Waals surface area contributed by atoms with Gasteiger partial charge in [0.05, 0.1) is 6.10 Å². The molecule has 176 valence electrons. The van der Waals surface area contributed by atoms with Crippen molar-refractivity contribution in [3.63, 3.8) is 0 Å². The van der Waals surface area contributed by atoms with Crippen LogP contribution in [-0.4, -0.2) is 11.2 Å². The van der Waals surface area contributed by atoms with Gasteiger partial charge in [-0.1, -0.05) is 73.0 Å². The molecule has 0 spiro atoms.